The molecule has 0 saturated carbocycles. The molecule has 0 unspecified atom stereocenters. The van der Waals surface area contributed by atoms with Crippen molar-refractivity contribution in [3.8, 4) is 11.3 Å². The minimum atomic E-state index is -0.167. The normalized spacial score (nSPS) is 11.6. The molecule has 5 aromatic rings. The Kier molecular flexibility index (Phi) is 5.62. The number of amides is 1. The zero-order chi connectivity index (χ0) is 23.7. The lowest BCUT2D eigenvalue weighted by molar-refractivity contribution is -0.115. The van der Waals surface area contributed by atoms with Crippen LogP contribution in [0.5, 0.6) is 0 Å². The fourth-order valence-corrected chi connectivity index (χ4v) is 4.17. The lowest BCUT2D eigenvalue weighted by atomic mass is 9.93. The fraction of sp³-hybridized carbons (Fsp3) is 0.200. The third-order valence-electron chi connectivity index (χ3n) is 5.36. The van der Waals surface area contributed by atoms with Crippen molar-refractivity contribution in [3.05, 3.63) is 70.9 Å². The second-order valence-electron chi connectivity index (χ2n) is 9.05. The third kappa shape index (κ3) is 4.69. The van der Waals surface area contributed by atoms with Gasteiger partial charge >= 0.3 is 0 Å². The standard InChI is InChI=1S/C25H24N6O2S/c1-25(2,3)20-12-21(31-33-20)30-22(32)10-15-4-6-17(7-5-15)28-23-18-11-19(16-8-9-34-13-16)29-24(18)27-14-26-23/h4-9,11-14H,10H2,1-3H3,(H,30,31,32)(H2,26,27,28,29). The lowest BCUT2D eigenvalue weighted by Crippen LogP contribution is -2.14. The number of aromatic amines is 1. The highest BCUT2D eigenvalue weighted by Gasteiger charge is 2.20. The maximum Gasteiger partial charge on any atom is 0.230 e. The van der Waals surface area contributed by atoms with E-state index in [0.717, 1.165) is 39.3 Å². The number of fused-ring (bicyclic) bond motifs is 1. The van der Waals surface area contributed by atoms with Gasteiger partial charge in [-0.1, -0.05) is 38.1 Å². The first kappa shape index (κ1) is 21.8. The molecule has 9 heteroatoms. The molecule has 0 radical (unpaired) electrons. The van der Waals surface area contributed by atoms with Crippen molar-refractivity contribution >= 4 is 45.6 Å². The third-order valence-corrected chi connectivity index (χ3v) is 6.04. The minimum absolute atomic E-state index is 0.153. The topological polar surface area (TPSA) is 109 Å². The molecule has 0 spiro atoms. The number of carbonyl (C=O) groups excluding carboxylic acids is 1. The summed E-state index contributed by atoms with van der Waals surface area (Å²) in [5.41, 5.74) is 4.49. The number of aromatic nitrogens is 4. The summed E-state index contributed by atoms with van der Waals surface area (Å²) in [5.74, 6) is 1.71. The minimum Gasteiger partial charge on any atom is -0.359 e. The van der Waals surface area contributed by atoms with Gasteiger partial charge < -0.3 is 20.1 Å². The van der Waals surface area contributed by atoms with Crippen molar-refractivity contribution in [1.82, 2.24) is 20.1 Å². The van der Waals surface area contributed by atoms with Crippen LogP contribution in [0.2, 0.25) is 0 Å². The molecule has 5 rings (SSSR count). The number of hydrogen-bond acceptors (Lipinski definition) is 7. The number of thiophene rings is 1. The van der Waals surface area contributed by atoms with Gasteiger partial charge in [-0.15, -0.1) is 0 Å². The molecule has 4 heterocycles. The summed E-state index contributed by atoms with van der Waals surface area (Å²) < 4.78 is 5.32. The molecule has 0 bridgehead atoms. The summed E-state index contributed by atoms with van der Waals surface area (Å²) in [6, 6.07) is 13.6. The van der Waals surface area contributed by atoms with Crippen molar-refractivity contribution in [2.45, 2.75) is 32.6 Å². The van der Waals surface area contributed by atoms with E-state index in [4.69, 9.17) is 4.52 Å². The zero-order valence-electron chi connectivity index (χ0n) is 19.0. The molecule has 0 aliphatic heterocycles. The quantitative estimate of drug-likeness (QED) is 0.284. The van der Waals surface area contributed by atoms with Crippen LogP contribution in [0.3, 0.4) is 0 Å². The average Bonchev–Trinajstić information content (AvgIpc) is 3.55. The summed E-state index contributed by atoms with van der Waals surface area (Å²) in [6.07, 6.45) is 1.77. The van der Waals surface area contributed by atoms with E-state index in [1.807, 2.05) is 56.5 Å². The number of hydrogen-bond donors (Lipinski definition) is 3. The number of benzene rings is 1. The first-order valence-corrected chi connectivity index (χ1v) is 11.8. The van der Waals surface area contributed by atoms with Crippen LogP contribution >= 0.6 is 11.3 Å². The predicted octanol–water partition coefficient (Wildman–Crippen LogP) is 5.90. The second kappa shape index (κ2) is 8.75. The molecule has 1 amide bonds. The molecule has 0 saturated heterocycles. The largest absolute Gasteiger partial charge is 0.359 e. The highest BCUT2D eigenvalue weighted by atomic mass is 32.1. The number of carbonyl (C=O) groups is 1. The molecule has 4 aromatic heterocycles. The Bertz CT molecular complexity index is 1430. The summed E-state index contributed by atoms with van der Waals surface area (Å²) in [5, 5.41) is 15.1. The molecule has 0 aliphatic carbocycles. The van der Waals surface area contributed by atoms with Gasteiger partial charge in [-0.3, -0.25) is 4.79 Å². The smallest absolute Gasteiger partial charge is 0.230 e. The van der Waals surface area contributed by atoms with Gasteiger partial charge in [0.1, 0.15) is 23.6 Å². The van der Waals surface area contributed by atoms with Crippen molar-refractivity contribution < 1.29 is 9.32 Å². The van der Waals surface area contributed by atoms with Crippen molar-refractivity contribution in [2.75, 3.05) is 10.6 Å². The molecule has 0 aliphatic rings. The molecule has 0 atom stereocenters. The summed E-state index contributed by atoms with van der Waals surface area (Å²) >= 11 is 1.65. The molecule has 1 aromatic carbocycles. The van der Waals surface area contributed by atoms with Gasteiger partial charge in [0.15, 0.2) is 5.82 Å². The van der Waals surface area contributed by atoms with E-state index < -0.39 is 0 Å². The zero-order valence-corrected chi connectivity index (χ0v) is 19.9. The van der Waals surface area contributed by atoms with Crippen LogP contribution in [-0.4, -0.2) is 26.0 Å². The van der Waals surface area contributed by atoms with Crippen LogP contribution in [0.1, 0.15) is 32.1 Å². The van der Waals surface area contributed by atoms with E-state index in [0.29, 0.717) is 11.6 Å². The Morgan fingerprint density at radius 2 is 1.94 bits per heavy atom. The van der Waals surface area contributed by atoms with Gasteiger partial charge in [0.25, 0.3) is 0 Å². The lowest BCUT2D eigenvalue weighted by Gasteiger charge is -2.12. The van der Waals surface area contributed by atoms with Crippen molar-refractivity contribution in [3.63, 3.8) is 0 Å². The van der Waals surface area contributed by atoms with Gasteiger partial charge in [0, 0.05) is 33.8 Å². The van der Waals surface area contributed by atoms with Gasteiger partial charge in [-0.2, -0.15) is 11.3 Å². The van der Waals surface area contributed by atoms with Crippen molar-refractivity contribution in [2.24, 2.45) is 0 Å². The number of anilines is 3. The fourth-order valence-electron chi connectivity index (χ4n) is 3.52. The van der Waals surface area contributed by atoms with Crippen LogP contribution in [0.4, 0.5) is 17.3 Å². The Hall–Kier alpha value is -3.98. The Morgan fingerprint density at radius 1 is 1.12 bits per heavy atom. The number of nitrogens with one attached hydrogen (secondary N) is 3. The van der Waals surface area contributed by atoms with Crippen LogP contribution in [0, 0.1) is 0 Å². The maximum atomic E-state index is 12.4. The SMILES string of the molecule is CC(C)(C)c1cc(NC(=O)Cc2ccc(Nc3ncnc4[nH]c(-c5ccsc5)cc34)cc2)no1. The Morgan fingerprint density at radius 3 is 2.65 bits per heavy atom. The van der Waals surface area contributed by atoms with E-state index in [1.165, 1.54) is 6.33 Å². The second-order valence-corrected chi connectivity index (χ2v) is 9.83. The molecular weight excluding hydrogens is 448 g/mol. The van der Waals surface area contributed by atoms with Gasteiger partial charge in [0.05, 0.1) is 11.8 Å². The van der Waals surface area contributed by atoms with Crippen LogP contribution in [-0.2, 0) is 16.6 Å². The first-order valence-electron chi connectivity index (χ1n) is 10.8. The van der Waals surface area contributed by atoms with E-state index in [-0.39, 0.29) is 17.7 Å². The Balaban J connectivity index is 1.25. The summed E-state index contributed by atoms with van der Waals surface area (Å²) in [7, 11) is 0. The van der Waals surface area contributed by atoms with Gasteiger partial charge in [0.2, 0.25) is 5.91 Å². The van der Waals surface area contributed by atoms with E-state index in [9.17, 15) is 4.79 Å². The van der Waals surface area contributed by atoms with Gasteiger partial charge in [-0.05, 0) is 35.2 Å². The molecule has 34 heavy (non-hydrogen) atoms. The van der Waals surface area contributed by atoms with Gasteiger partial charge in [-0.25, -0.2) is 9.97 Å². The number of nitrogens with zero attached hydrogens (tertiary/aromatic N) is 3. The maximum absolute atomic E-state index is 12.4. The van der Waals surface area contributed by atoms with E-state index in [1.54, 1.807) is 17.4 Å². The molecule has 0 fully saturated rings. The summed E-state index contributed by atoms with van der Waals surface area (Å²) in [6.45, 7) is 6.08. The highest BCUT2D eigenvalue weighted by Crippen LogP contribution is 2.29. The number of H-pyrrole nitrogens is 1. The molecule has 3 N–H and O–H groups in total. The van der Waals surface area contributed by atoms with Crippen molar-refractivity contribution in [1.29, 1.82) is 0 Å². The number of rotatable bonds is 6. The van der Waals surface area contributed by atoms with Crippen LogP contribution < -0.4 is 10.6 Å². The molecular formula is C25H24N6O2S. The Labute approximate surface area is 200 Å². The first-order chi connectivity index (χ1) is 16.3. The molecule has 8 nitrogen and oxygen atoms in total. The monoisotopic (exact) mass is 472 g/mol. The summed E-state index contributed by atoms with van der Waals surface area (Å²) in [4.78, 5) is 24.5. The average molecular weight is 473 g/mol. The highest BCUT2D eigenvalue weighted by molar-refractivity contribution is 7.08. The molecule has 172 valence electrons. The van der Waals surface area contributed by atoms with E-state index >= 15 is 0 Å². The van der Waals surface area contributed by atoms with E-state index in [2.05, 4.69) is 42.2 Å². The van der Waals surface area contributed by atoms with Crippen LogP contribution in [0.25, 0.3) is 22.3 Å². The van der Waals surface area contributed by atoms with Crippen LogP contribution in [0.15, 0.2) is 64.1 Å². The predicted molar refractivity (Wildman–Crippen MR) is 134 cm³/mol.